The summed E-state index contributed by atoms with van der Waals surface area (Å²) < 4.78 is 0.895. The molecule has 4 rings (SSSR count). The van der Waals surface area contributed by atoms with E-state index in [4.69, 9.17) is 0 Å². The highest BCUT2D eigenvalue weighted by Gasteiger charge is 2.16. The van der Waals surface area contributed by atoms with Gasteiger partial charge in [0.2, 0.25) is 0 Å². The van der Waals surface area contributed by atoms with E-state index in [-0.39, 0.29) is 0 Å². The standard InChI is InChI=1S/C18H13BrN2O/c19-14-8-15-16(10-21-18(15)20-9-14)17(22)13-6-5-11-3-1-2-4-12(11)7-13/h1-10,17,22H,(H,20,21). The van der Waals surface area contributed by atoms with Crippen molar-refractivity contribution in [3.63, 3.8) is 0 Å². The predicted octanol–water partition coefficient (Wildman–Crippen LogP) is 4.56. The van der Waals surface area contributed by atoms with Gasteiger partial charge in [-0.1, -0.05) is 36.4 Å². The van der Waals surface area contributed by atoms with Gasteiger partial charge in [0, 0.05) is 27.8 Å². The fraction of sp³-hybridized carbons (Fsp3) is 0.0556. The van der Waals surface area contributed by atoms with Crippen molar-refractivity contribution >= 4 is 37.7 Å². The second-order valence-corrected chi connectivity index (χ2v) is 6.22. The molecule has 0 aliphatic carbocycles. The maximum Gasteiger partial charge on any atom is 0.137 e. The molecule has 2 N–H and O–H groups in total. The molecule has 0 saturated carbocycles. The zero-order valence-electron chi connectivity index (χ0n) is 11.6. The summed E-state index contributed by atoms with van der Waals surface area (Å²) in [5.74, 6) is 0. The summed E-state index contributed by atoms with van der Waals surface area (Å²) in [4.78, 5) is 7.43. The van der Waals surface area contributed by atoms with Crippen LogP contribution in [0.3, 0.4) is 0 Å². The SMILES string of the molecule is OC(c1ccc2ccccc2c1)c1c[nH]c2ncc(Br)cc12. The predicted molar refractivity (Wildman–Crippen MR) is 91.8 cm³/mol. The van der Waals surface area contributed by atoms with Crippen molar-refractivity contribution in [1.29, 1.82) is 0 Å². The Labute approximate surface area is 135 Å². The van der Waals surface area contributed by atoms with Crippen molar-refractivity contribution in [2.75, 3.05) is 0 Å². The third-order valence-corrected chi connectivity index (χ3v) is 4.35. The Morgan fingerprint density at radius 2 is 1.86 bits per heavy atom. The Morgan fingerprint density at radius 1 is 1.05 bits per heavy atom. The number of nitrogens with one attached hydrogen (secondary N) is 1. The quantitative estimate of drug-likeness (QED) is 0.555. The number of aromatic nitrogens is 2. The molecule has 0 radical (unpaired) electrons. The minimum absolute atomic E-state index is 0.686. The number of fused-ring (bicyclic) bond motifs is 2. The van der Waals surface area contributed by atoms with Gasteiger partial charge in [0.25, 0.3) is 0 Å². The average Bonchev–Trinajstić information content (AvgIpc) is 2.96. The lowest BCUT2D eigenvalue weighted by molar-refractivity contribution is 0.222. The average molecular weight is 353 g/mol. The largest absolute Gasteiger partial charge is 0.384 e. The van der Waals surface area contributed by atoms with Crippen LogP contribution in [-0.4, -0.2) is 15.1 Å². The van der Waals surface area contributed by atoms with Gasteiger partial charge in [0.05, 0.1) is 0 Å². The molecule has 0 fully saturated rings. The molecule has 4 heteroatoms. The summed E-state index contributed by atoms with van der Waals surface area (Å²) in [6, 6.07) is 16.2. The number of rotatable bonds is 2. The highest BCUT2D eigenvalue weighted by molar-refractivity contribution is 9.10. The fourth-order valence-electron chi connectivity index (χ4n) is 2.78. The van der Waals surface area contributed by atoms with Crippen LogP contribution in [0.1, 0.15) is 17.2 Å². The number of aliphatic hydroxyl groups is 1. The minimum atomic E-state index is -0.686. The third kappa shape index (κ3) is 2.21. The number of aliphatic hydroxyl groups excluding tert-OH is 1. The molecule has 0 aliphatic heterocycles. The number of halogens is 1. The van der Waals surface area contributed by atoms with Crippen molar-refractivity contribution < 1.29 is 5.11 Å². The topological polar surface area (TPSA) is 48.9 Å². The highest BCUT2D eigenvalue weighted by Crippen LogP contribution is 2.31. The highest BCUT2D eigenvalue weighted by atomic mass is 79.9. The molecule has 0 spiro atoms. The Kier molecular flexibility index (Phi) is 3.21. The monoisotopic (exact) mass is 352 g/mol. The molecule has 0 amide bonds. The molecule has 108 valence electrons. The van der Waals surface area contributed by atoms with E-state index < -0.39 is 6.10 Å². The maximum atomic E-state index is 10.8. The zero-order chi connectivity index (χ0) is 15.1. The van der Waals surface area contributed by atoms with Gasteiger partial charge in [0.15, 0.2) is 0 Å². The van der Waals surface area contributed by atoms with Crippen molar-refractivity contribution in [3.05, 3.63) is 76.5 Å². The molecule has 1 unspecified atom stereocenters. The fourth-order valence-corrected chi connectivity index (χ4v) is 3.11. The second-order valence-electron chi connectivity index (χ2n) is 5.30. The first-order valence-corrected chi connectivity index (χ1v) is 7.81. The molecule has 4 aromatic rings. The first-order chi connectivity index (χ1) is 10.7. The van der Waals surface area contributed by atoms with Crippen LogP contribution < -0.4 is 0 Å². The Hall–Kier alpha value is -2.17. The lowest BCUT2D eigenvalue weighted by Crippen LogP contribution is -1.98. The summed E-state index contributed by atoms with van der Waals surface area (Å²) in [7, 11) is 0. The van der Waals surface area contributed by atoms with Gasteiger partial charge in [-0.3, -0.25) is 0 Å². The van der Waals surface area contributed by atoms with E-state index >= 15 is 0 Å². The molecule has 2 aromatic heterocycles. The molecule has 0 bridgehead atoms. The molecule has 1 atom stereocenters. The van der Waals surface area contributed by atoms with Gasteiger partial charge in [-0.15, -0.1) is 0 Å². The zero-order valence-corrected chi connectivity index (χ0v) is 13.2. The number of aromatic amines is 1. The molecule has 0 aliphatic rings. The Balaban J connectivity index is 1.84. The summed E-state index contributed by atoms with van der Waals surface area (Å²) >= 11 is 3.43. The van der Waals surface area contributed by atoms with Crippen molar-refractivity contribution in [3.8, 4) is 0 Å². The lowest BCUT2D eigenvalue weighted by Gasteiger charge is -2.11. The number of pyridine rings is 1. The van der Waals surface area contributed by atoms with Crippen LogP contribution >= 0.6 is 15.9 Å². The molecule has 2 heterocycles. The second kappa shape index (κ2) is 5.23. The first-order valence-electron chi connectivity index (χ1n) is 7.02. The van der Waals surface area contributed by atoms with Crippen LogP contribution in [-0.2, 0) is 0 Å². The molecular weight excluding hydrogens is 340 g/mol. The van der Waals surface area contributed by atoms with Crippen molar-refractivity contribution in [1.82, 2.24) is 9.97 Å². The van der Waals surface area contributed by atoms with E-state index in [0.717, 1.165) is 32.0 Å². The van der Waals surface area contributed by atoms with Gasteiger partial charge in [-0.25, -0.2) is 4.98 Å². The van der Waals surface area contributed by atoms with E-state index in [1.807, 2.05) is 42.6 Å². The molecule has 2 aromatic carbocycles. The van der Waals surface area contributed by atoms with Gasteiger partial charge in [0.1, 0.15) is 11.8 Å². The van der Waals surface area contributed by atoms with E-state index in [1.54, 1.807) is 6.20 Å². The Morgan fingerprint density at radius 3 is 2.73 bits per heavy atom. The molecular formula is C18H13BrN2O. The van der Waals surface area contributed by atoms with E-state index in [1.165, 1.54) is 5.39 Å². The van der Waals surface area contributed by atoms with Gasteiger partial charge < -0.3 is 10.1 Å². The first kappa shape index (κ1) is 13.5. The number of nitrogens with zero attached hydrogens (tertiary/aromatic N) is 1. The van der Waals surface area contributed by atoms with Crippen LogP contribution in [0.4, 0.5) is 0 Å². The van der Waals surface area contributed by atoms with Gasteiger partial charge >= 0.3 is 0 Å². The Bertz CT molecular complexity index is 977. The van der Waals surface area contributed by atoms with Crippen LogP contribution in [0.25, 0.3) is 21.8 Å². The number of hydrogen-bond donors (Lipinski definition) is 2. The van der Waals surface area contributed by atoms with Crippen LogP contribution in [0.15, 0.2) is 65.4 Å². The van der Waals surface area contributed by atoms with Crippen LogP contribution in [0.2, 0.25) is 0 Å². The number of hydrogen-bond acceptors (Lipinski definition) is 2. The molecule has 22 heavy (non-hydrogen) atoms. The molecule has 0 saturated heterocycles. The van der Waals surface area contributed by atoms with Crippen molar-refractivity contribution in [2.24, 2.45) is 0 Å². The maximum absolute atomic E-state index is 10.8. The summed E-state index contributed by atoms with van der Waals surface area (Å²) in [5, 5.41) is 14.0. The minimum Gasteiger partial charge on any atom is -0.384 e. The van der Waals surface area contributed by atoms with E-state index in [2.05, 4.69) is 38.0 Å². The normalized spacial score (nSPS) is 12.8. The van der Waals surface area contributed by atoms with E-state index in [0.29, 0.717) is 0 Å². The van der Waals surface area contributed by atoms with Gasteiger partial charge in [-0.05, 0) is 44.4 Å². The lowest BCUT2D eigenvalue weighted by atomic mass is 9.99. The van der Waals surface area contributed by atoms with Crippen LogP contribution in [0.5, 0.6) is 0 Å². The van der Waals surface area contributed by atoms with Crippen LogP contribution in [0, 0.1) is 0 Å². The summed E-state index contributed by atoms with van der Waals surface area (Å²) in [6.45, 7) is 0. The number of H-pyrrole nitrogens is 1. The summed E-state index contributed by atoms with van der Waals surface area (Å²) in [5.41, 5.74) is 2.48. The third-order valence-electron chi connectivity index (χ3n) is 3.91. The summed E-state index contributed by atoms with van der Waals surface area (Å²) in [6.07, 6.45) is 2.88. The van der Waals surface area contributed by atoms with E-state index in [9.17, 15) is 5.11 Å². The smallest absolute Gasteiger partial charge is 0.137 e. The van der Waals surface area contributed by atoms with Gasteiger partial charge in [-0.2, -0.15) is 0 Å². The molecule has 3 nitrogen and oxygen atoms in total. The number of benzene rings is 2. The van der Waals surface area contributed by atoms with Crippen molar-refractivity contribution in [2.45, 2.75) is 6.10 Å².